The number of halogens is 2. The van der Waals surface area contributed by atoms with E-state index in [1.807, 2.05) is 14.1 Å². The van der Waals surface area contributed by atoms with Gasteiger partial charge in [-0.3, -0.25) is 9.59 Å². The van der Waals surface area contributed by atoms with Crippen molar-refractivity contribution in [2.75, 3.05) is 27.2 Å². The van der Waals surface area contributed by atoms with E-state index in [9.17, 15) is 18.4 Å². The maximum Gasteiger partial charge on any atom is 0.257 e. The maximum atomic E-state index is 13.9. The Balaban J connectivity index is 1.85. The summed E-state index contributed by atoms with van der Waals surface area (Å²) in [6.07, 6.45) is 0.765. The summed E-state index contributed by atoms with van der Waals surface area (Å²) in [6, 6.07) is 2.27. The van der Waals surface area contributed by atoms with Gasteiger partial charge in [0.05, 0.1) is 11.6 Å². The van der Waals surface area contributed by atoms with Crippen LogP contribution < -0.4 is 0 Å². The highest BCUT2D eigenvalue weighted by molar-refractivity contribution is 5.98. The molecular formula is C17H21F2N3O2. The van der Waals surface area contributed by atoms with E-state index in [-0.39, 0.29) is 23.6 Å². The van der Waals surface area contributed by atoms with E-state index in [0.717, 1.165) is 24.6 Å². The van der Waals surface area contributed by atoms with Crippen LogP contribution in [0.1, 0.15) is 23.7 Å². The van der Waals surface area contributed by atoms with Crippen LogP contribution in [0.4, 0.5) is 8.78 Å². The Kier molecular flexibility index (Phi) is 4.29. The van der Waals surface area contributed by atoms with Crippen LogP contribution in [0.25, 0.3) is 0 Å². The van der Waals surface area contributed by atoms with E-state index in [4.69, 9.17) is 0 Å². The quantitative estimate of drug-likeness (QED) is 0.818. The molecule has 0 saturated carbocycles. The molecule has 2 aliphatic rings. The number of nitrogens with zero attached hydrogens (tertiary/aromatic N) is 3. The van der Waals surface area contributed by atoms with Gasteiger partial charge in [0.1, 0.15) is 17.7 Å². The molecule has 24 heavy (non-hydrogen) atoms. The summed E-state index contributed by atoms with van der Waals surface area (Å²) in [6.45, 7) is 2.61. The lowest BCUT2D eigenvalue weighted by Crippen LogP contribution is -2.60. The second kappa shape index (κ2) is 6.12. The average Bonchev–Trinajstić information content (AvgIpc) is 2.97. The number of benzene rings is 1. The second-order valence-corrected chi connectivity index (χ2v) is 6.76. The first-order chi connectivity index (χ1) is 11.3. The Labute approximate surface area is 139 Å². The fourth-order valence-corrected chi connectivity index (χ4v) is 3.54. The van der Waals surface area contributed by atoms with Crippen LogP contribution >= 0.6 is 0 Å². The number of likely N-dealkylation sites (N-methyl/N-ethyl adjacent to an activating group) is 1. The van der Waals surface area contributed by atoms with Gasteiger partial charge in [-0.2, -0.15) is 0 Å². The molecule has 1 aromatic carbocycles. The molecule has 3 rings (SSSR count). The van der Waals surface area contributed by atoms with Crippen molar-refractivity contribution in [2.24, 2.45) is 0 Å². The highest BCUT2D eigenvalue weighted by Crippen LogP contribution is 2.29. The highest BCUT2D eigenvalue weighted by Gasteiger charge is 2.45. The van der Waals surface area contributed by atoms with Crippen molar-refractivity contribution in [3.8, 4) is 0 Å². The molecule has 2 amide bonds. The minimum Gasteiger partial charge on any atom is -0.335 e. The molecule has 0 spiro atoms. The first-order valence-electron chi connectivity index (χ1n) is 8.02. The van der Waals surface area contributed by atoms with Gasteiger partial charge in [-0.15, -0.1) is 0 Å². The van der Waals surface area contributed by atoms with Crippen molar-refractivity contribution in [1.82, 2.24) is 14.7 Å². The highest BCUT2D eigenvalue weighted by atomic mass is 19.1. The third-order valence-electron chi connectivity index (χ3n) is 5.06. The van der Waals surface area contributed by atoms with Gasteiger partial charge in [-0.25, -0.2) is 8.78 Å². The molecule has 2 aliphatic heterocycles. The van der Waals surface area contributed by atoms with Gasteiger partial charge in [0, 0.05) is 19.1 Å². The summed E-state index contributed by atoms with van der Waals surface area (Å²) in [5.74, 6) is -2.23. The number of hydrogen-bond acceptors (Lipinski definition) is 3. The van der Waals surface area contributed by atoms with Gasteiger partial charge in [0.15, 0.2) is 0 Å². The van der Waals surface area contributed by atoms with Crippen molar-refractivity contribution >= 4 is 11.8 Å². The normalized spacial score (nSPS) is 26.9. The summed E-state index contributed by atoms with van der Waals surface area (Å²) in [7, 11) is 3.92. The van der Waals surface area contributed by atoms with Crippen LogP contribution in [0, 0.1) is 11.6 Å². The Morgan fingerprint density at radius 3 is 2.62 bits per heavy atom. The molecule has 0 aliphatic carbocycles. The number of rotatable bonds is 2. The van der Waals surface area contributed by atoms with Gasteiger partial charge >= 0.3 is 0 Å². The number of amides is 2. The van der Waals surface area contributed by atoms with Crippen molar-refractivity contribution < 1.29 is 18.4 Å². The molecule has 7 heteroatoms. The Bertz CT molecular complexity index is 680. The Morgan fingerprint density at radius 1 is 1.25 bits per heavy atom. The molecule has 2 fully saturated rings. The molecule has 5 nitrogen and oxygen atoms in total. The van der Waals surface area contributed by atoms with E-state index in [2.05, 4.69) is 4.90 Å². The number of fused-ring (bicyclic) bond motifs is 1. The van der Waals surface area contributed by atoms with Crippen LogP contribution in [0.15, 0.2) is 18.2 Å². The Hall–Kier alpha value is -2.02. The maximum absolute atomic E-state index is 13.9. The largest absolute Gasteiger partial charge is 0.335 e. The SMILES string of the molecule is C[C@H]1C(=O)N2C[C@@H](N(C)C)C[C@H]2CN1C(=O)c1cc(F)ccc1F. The summed E-state index contributed by atoms with van der Waals surface area (Å²) in [5, 5.41) is 0. The fourth-order valence-electron chi connectivity index (χ4n) is 3.54. The monoisotopic (exact) mass is 337 g/mol. The van der Waals surface area contributed by atoms with Gasteiger partial charge in [-0.05, 0) is 45.6 Å². The van der Waals surface area contributed by atoms with E-state index >= 15 is 0 Å². The van der Waals surface area contributed by atoms with E-state index in [0.29, 0.717) is 13.1 Å². The van der Waals surface area contributed by atoms with Gasteiger partial charge in [0.25, 0.3) is 5.91 Å². The van der Waals surface area contributed by atoms with Gasteiger partial charge < -0.3 is 14.7 Å². The summed E-state index contributed by atoms with van der Waals surface area (Å²) < 4.78 is 27.3. The third-order valence-corrected chi connectivity index (χ3v) is 5.06. The van der Waals surface area contributed by atoms with Crippen molar-refractivity contribution in [3.63, 3.8) is 0 Å². The molecule has 0 radical (unpaired) electrons. The fraction of sp³-hybridized carbons (Fsp3) is 0.529. The molecule has 0 unspecified atom stereocenters. The molecule has 0 bridgehead atoms. The second-order valence-electron chi connectivity index (χ2n) is 6.76. The van der Waals surface area contributed by atoms with Crippen LogP contribution in [-0.4, -0.2) is 71.8 Å². The lowest BCUT2D eigenvalue weighted by molar-refractivity contribution is -0.141. The Morgan fingerprint density at radius 2 is 1.96 bits per heavy atom. The number of hydrogen-bond donors (Lipinski definition) is 0. The molecule has 0 N–H and O–H groups in total. The van der Waals surface area contributed by atoms with Crippen LogP contribution in [0.2, 0.25) is 0 Å². The number of carbonyl (C=O) groups excluding carboxylic acids is 2. The molecule has 0 aromatic heterocycles. The lowest BCUT2D eigenvalue weighted by Gasteiger charge is -2.41. The predicted molar refractivity (Wildman–Crippen MR) is 84.4 cm³/mol. The zero-order chi connectivity index (χ0) is 17.6. The van der Waals surface area contributed by atoms with E-state index in [1.54, 1.807) is 11.8 Å². The first kappa shape index (κ1) is 16.8. The minimum absolute atomic E-state index is 0.0818. The minimum atomic E-state index is -0.777. The van der Waals surface area contributed by atoms with Crippen molar-refractivity contribution in [1.29, 1.82) is 0 Å². The molecule has 2 heterocycles. The smallest absolute Gasteiger partial charge is 0.257 e. The molecule has 1 aromatic rings. The molecular weight excluding hydrogens is 316 g/mol. The van der Waals surface area contributed by atoms with Gasteiger partial charge in [-0.1, -0.05) is 0 Å². The van der Waals surface area contributed by atoms with Crippen molar-refractivity contribution in [3.05, 3.63) is 35.4 Å². The predicted octanol–water partition coefficient (Wildman–Crippen LogP) is 1.34. The van der Waals surface area contributed by atoms with Crippen LogP contribution in [0.5, 0.6) is 0 Å². The van der Waals surface area contributed by atoms with Gasteiger partial charge in [0.2, 0.25) is 5.91 Å². The molecule has 3 atom stereocenters. The van der Waals surface area contributed by atoms with Crippen molar-refractivity contribution in [2.45, 2.75) is 31.5 Å². The zero-order valence-corrected chi connectivity index (χ0v) is 14.0. The molecule has 2 saturated heterocycles. The molecule has 130 valence electrons. The van der Waals surface area contributed by atoms with Crippen LogP contribution in [0.3, 0.4) is 0 Å². The third kappa shape index (κ3) is 2.77. The first-order valence-corrected chi connectivity index (χ1v) is 8.02. The zero-order valence-electron chi connectivity index (χ0n) is 14.0. The number of piperazine rings is 1. The standard InChI is InChI=1S/C17H21F2N3O2/c1-10-16(23)22-8-12(20(2)3)7-13(22)9-21(10)17(24)14-6-11(18)4-5-15(14)19/h4-6,10,12-13H,7-9H2,1-3H3/t10-,12-,13-/m0/s1. The van der Waals surface area contributed by atoms with E-state index < -0.39 is 23.6 Å². The topological polar surface area (TPSA) is 43.9 Å². The summed E-state index contributed by atoms with van der Waals surface area (Å²) >= 11 is 0. The summed E-state index contributed by atoms with van der Waals surface area (Å²) in [4.78, 5) is 30.5. The lowest BCUT2D eigenvalue weighted by atomic mass is 10.0. The van der Waals surface area contributed by atoms with Crippen LogP contribution in [-0.2, 0) is 4.79 Å². The summed E-state index contributed by atoms with van der Waals surface area (Å²) in [5.41, 5.74) is -0.328. The van der Waals surface area contributed by atoms with E-state index in [1.165, 1.54) is 4.90 Å². The number of carbonyl (C=O) groups is 2. The average molecular weight is 337 g/mol.